The minimum absolute atomic E-state index is 0.0934. The third-order valence-corrected chi connectivity index (χ3v) is 3.25. The Morgan fingerprint density at radius 3 is 2.57 bits per heavy atom. The van der Waals surface area contributed by atoms with E-state index in [1.54, 1.807) is 17.0 Å². The minimum Gasteiger partial charge on any atom is -0.330 e. The largest absolute Gasteiger partial charge is 0.330 e. The third kappa shape index (κ3) is 3.67. The quantitative estimate of drug-likeness (QED) is 0.918. The summed E-state index contributed by atoms with van der Waals surface area (Å²) in [6.45, 7) is 2.78. The Morgan fingerprint density at radius 1 is 1.19 bits per heavy atom. The summed E-state index contributed by atoms with van der Waals surface area (Å²) in [7, 11) is 0. The van der Waals surface area contributed by atoms with E-state index in [-0.39, 0.29) is 11.5 Å². The summed E-state index contributed by atoms with van der Waals surface area (Å²) < 4.78 is 13.9. The van der Waals surface area contributed by atoms with Crippen molar-refractivity contribution in [2.24, 2.45) is 5.73 Å². The topological polar surface area (TPSA) is 46.3 Å². The monoisotopic (exact) mass is 286 g/mol. The van der Waals surface area contributed by atoms with Gasteiger partial charge in [-0.2, -0.15) is 0 Å². The number of aryl methyl sites for hydroxylation is 1. The molecule has 4 heteroatoms. The summed E-state index contributed by atoms with van der Waals surface area (Å²) >= 11 is 0. The molecule has 2 aromatic rings. The van der Waals surface area contributed by atoms with Crippen LogP contribution in [0.15, 0.2) is 48.5 Å². The first-order chi connectivity index (χ1) is 10.1. The summed E-state index contributed by atoms with van der Waals surface area (Å²) in [5.41, 5.74) is 7.23. The number of halogens is 1. The Labute approximate surface area is 124 Å². The first-order valence-corrected chi connectivity index (χ1v) is 6.96. The van der Waals surface area contributed by atoms with E-state index in [1.807, 2.05) is 37.3 Å². The molecule has 0 unspecified atom stereocenters. The van der Waals surface area contributed by atoms with Gasteiger partial charge in [-0.3, -0.25) is 4.79 Å². The van der Waals surface area contributed by atoms with Gasteiger partial charge >= 0.3 is 0 Å². The molecular formula is C17H19FN2O. The van der Waals surface area contributed by atoms with E-state index in [0.717, 1.165) is 11.3 Å². The summed E-state index contributed by atoms with van der Waals surface area (Å²) in [6.07, 6.45) is 0.661. The van der Waals surface area contributed by atoms with E-state index in [0.29, 0.717) is 19.5 Å². The fourth-order valence-electron chi connectivity index (χ4n) is 2.15. The van der Waals surface area contributed by atoms with Crippen LogP contribution in [0.3, 0.4) is 0 Å². The molecule has 0 aliphatic rings. The molecule has 2 aromatic carbocycles. The lowest BCUT2D eigenvalue weighted by Crippen LogP contribution is -2.33. The van der Waals surface area contributed by atoms with E-state index < -0.39 is 5.82 Å². The standard InChI is InChI=1S/C17H19FN2O/c1-13-8-9-16(18)15(12-13)17(21)20(11-5-10-19)14-6-3-2-4-7-14/h2-4,6-9,12H,5,10-11,19H2,1H3. The van der Waals surface area contributed by atoms with Crippen molar-refractivity contribution in [1.82, 2.24) is 0 Å². The van der Waals surface area contributed by atoms with Crippen molar-refractivity contribution < 1.29 is 9.18 Å². The van der Waals surface area contributed by atoms with Gasteiger partial charge in [-0.1, -0.05) is 29.8 Å². The lowest BCUT2D eigenvalue weighted by Gasteiger charge is -2.23. The Bertz CT molecular complexity index is 613. The van der Waals surface area contributed by atoms with Gasteiger partial charge in [-0.25, -0.2) is 4.39 Å². The number of para-hydroxylation sites is 1. The molecule has 0 aromatic heterocycles. The molecule has 0 saturated heterocycles. The normalized spacial score (nSPS) is 10.4. The zero-order valence-electron chi connectivity index (χ0n) is 12.1. The molecule has 0 heterocycles. The van der Waals surface area contributed by atoms with Crippen LogP contribution in [0, 0.1) is 12.7 Å². The van der Waals surface area contributed by atoms with Gasteiger partial charge in [0.25, 0.3) is 5.91 Å². The maximum Gasteiger partial charge on any atom is 0.261 e. The number of anilines is 1. The second-order valence-electron chi connectivity index (χ2n) is 4.92. The van der Waals surface area contributed by atoms with Crippen molar-refractivity contribution in [3.05, 3.63) is 65.5 Å². The molecule has 0 aliphatic heterocycles. The molecule has 0 spiro atoms. The van der Waals surface area contributed by atoms with Gasteiger partial charge in [0.15, 0.2) is 0 Å². The van der Waals surface area contributed by atoms with E-state index in [1.165, 1.54) is 6.07 Å². The molecule has 0 radical (unpaired) electrons. The highest BCUT2D eigenvalue weighted by molar-refractivity contribution is 6.06. The van der Waals surface area contributed by atoms with Gasteiger partial charge < -0.3 is 10.6 Å². The van der Waals surface area contributed by atoms with Gasteiger partial charge in [0.1, 0.15) is 5.82 Å². The molecule has 3 nitrogen and oxygen atoms in total. The third-order valence-electron chi connectivity index (χ3n) is 3.25. The second kappa shape index (κ2) is 6.99. The van der Waals surface area contributed by atoms with Crippen LogP contribution >= 0.6 is 0 Å². The van der Waals surface area contributed by atoms with Crippen molar-refractivity contribution in [3.8, 4) is 0 Å². The van der Waals surface area contributed by atoms with Crippen LogP contribution in [0.4, 0.5) is 10.1 Å². The van der Waals surface area contributed by atoms with Gasteiger partial charge in [0.05, 0.1) is 5.56 Å². The van der Waals surface area contributed by atoms with Crippen molar-refractivity contribution in [2.75, 3.05) is 18.0 Å². The lowest BCUT2D eigenvalue weighted by molar-refractivity contribution is 0.0983. The number of amides is 1. The minimum atomic E-state index is -0.501. The number of benzene rings is 2. The molecule has 0 bridgehead atoms. The van der Waals surface area contributed by atoms with Gasteiger partial charge in [0, 0.05) is 12.2 Å². The molecular weight excluding hydrogens is 267 g/mol. The molecule has 1 amide bonds. The number of hydrogen-bond acceptors (Lipinski definition) is 2. The molecule has 21 heavy (non-hydrogen) atoms. The average Bonchev–Trinajstić information content (AvgIpc) is 2.51. The molecule has 0 aliphatic carbocycles. The molecule has 110 valence electrons. The Kier molecular flexibility index (Phi) is 5.06. The predicted octanol–water partition coefficient (Wildman–Crippen LogP) is 3.13. The number of rotatable bonds is 5. The number of nitrogens with zero attached hydrogens (tertiary/aromatic N) is 1. The average molecular weight is 286 g/mol. The molecule has 0 atom stereocenters. The van der Waals surface area contributed by atoms with Crippen LogP contribution in [0.5, 0.6) is 0 Å². The summed E-state index contributed by atoms with van der Waals surface area (Å²) in [5.74, 6) is -0.838. The SMILES string of the molecule is Cc1ccc(F)c(C(=O)N(CCCN)c2ccccc2)c1. The van der Waals surface area contributed by atoms with Crippen molar-refractivity contribution in [3.63, 3.8) is 0 Å². The van der Waals surface area contributed by atoms with Crippen molar-refractivity contribution in [2.45, 2.75) is 13.3 Å². The Hall–Kier alpha value is -2.20. The van der Waals surface area contributed by atoms with Gasteiger partial charge in [-0.05, 0) is 44.2 Å². The predicted molar refractivity (Wildman–Crippen MR) is 82.9 cm³/mol. The maximum atomic E-state index is 13.9. The lowest BCUT2D eigenvalue weighted by atomic mass is 10.1. The summed E-state index contributed by atoms with van der Waals surface area (Å²) in [5, 5.41) is 0. The second-order valence-corrected chi connectivity index (χ2v) is 4.92. The number of carbonyl (C=O) groups excluding carboxylic acids is 1. The summed E-state index contributed by atoms with van der Waals surface area (Å²) in [6, 6.07) is 13.8. The van der Waals surface area contributed by atoms with E-state index >= 15 is 0 Å². The van der Waals surface area contributed by atoms with Crippen molar-refractivity contribution in [1.29, 1.82) is 0 Å². The zero-order valence-corrected chi connectivity index (χ0v) is 12.1. The fourth-order valence-corrected chi connectivity index (χ4v) is 2.15. The Morgan fingerprint density at radius 2 is 1.90 bits per heavy atom. The first-order valence-electron chi connectivity index (χ1n) is 6.96. The van der Waals surface area contributed by atoms with Gasteiger partial charge in [0.2, 0.25) is 0 Å². The van der Waals surface area contributed by atoms with E-state index in [4.69, 9.17) is 5.73 Å². The van der Waals surface area contributed by atoms with E-state index in [2.05, 4.69) is 0 Å². The van der Waals surface area contributed by atoms with Crippen LogP contribution in [0.1, 0.15) is 22.3 Å². The number of carbonyl (C=O) groups is 1. The van der Waals surface area contributed by atoms with Crippen LogP contribution in [-0.4, -0.2) is 19.0 Å². The van der Waals surface area contributed by atoms with Crippen LogP contribution in [0.25, 0.3) is 0 Å². The molecule has 0 fully saturated rings. The summed E-state index contributed by atoms with van der Waals surface area (Å²) in [4.78, 5) is 14.2. The molecule has 2 rings (SSSR count). The van der Waals surface area contributed by atoms with E-state index in [9.17, 15) is 9.18 Å². The highest BCUT2D eigenvalue weighted by Gasteiger charge is 2.20. The highest BCUT2D eigenvalue weighted by Crippen LogP contribution is 2.19. The fraction of sp³-hybridized carbons (Fsp3) is 0.235. The van der Waals surface area contributed by atoms with Crippen LogP contribution in [0.2, 0.25) is 0 Å². The smallest absolute Gasteiger partial charge is 0.261 e. The number of nitrogens with two attached hydrogens (primary N) is 1. The zero-order chi connectivity index (χ0) is 15.2. The highest BCUT2D eigenvalue weighted by atomic mass is 19.1. The maximum absolute atomic E-state index is 13.9. The number of hydrogen-bond donors (Lipinski definition) is 1. The first kappa shape index (κ1) is 15.2. The molecule has 2 N–H and O–H groups in total. The van der Waals surface area contributed by atoms with Crippen molar-refractivity contribution >= 4 is 11.6 Å². The molecule has 0 saturated carbocycles. The van der Waals surface area contributed by atoms with Gasteiger partial charge in [-0.15, -0.1) is 0 Å². The van der Waals surface area contributed by atoms with Crippen LogP contribution < -0.4 is 10.6 Å². The Balaban J connectivity index is 2.36. The van der Waals surface area contributed by atoms with Crippen LogP contribution in [-0.2, 0) is 0 Å².